The summed E-state index contributed by atoms with van der Waals surface area (Å²) in [5, 5.41) is 2.72. The number of nitrogens with one attached hydrogen (secondary N) is 1. The Morgan fingerprint density at radius 1 is 1.53 bits per heavy atom. The second-order valence-electron chi connectivity index (χ2n) is 4.49. The maximum absolute atomic E-state index is 13.1. The Morgan fingerprint density at radius 2 is 2.26 bits per heavy atom. The second kappa shape index (κ2) is 7.74. The zero-order valence-corrected chi connectivity index (χ0v) is 11.4. The quantitative estimate of drug-likeness (QED) is 0.799. The molecular weight excluding hydrogens is 247 g/mol. The first-order valence-electron chi connectivity index (χ1n) is 6.50. The number of anilines is 1. The molecular formula is C14H21FN2O2. The Kier molecular flexibility index (Phi) is 6.29. The maximum Gasteiger partial charge on any atom is 0.224 e. The van der Waals surface area contributed by atoms with Crippen molar-refractivity contribution in [3.63, 3.8) is 0 Å². The van der Waals surface area contributed by atoms with Gasteiger partial charge in [0, 0.05) is 18.5 Å². The molecule has 0 bridgehead atoms. The van der Waals surface area contributed by atoms with Crippen LogP contribution in [0.15, 0.2) is 18.2 Å². The molecule has 0 aliphatic carbocycles. The summed E-state index contributed by atoms with van der Waals surface area (Å²) in [6.45, 7) is 4.13. The van der Waals surface area contributed by atoms with Crippen LogP contribution in [-0.2, 0) is 4.79 Å². The predicted molar refractivity (Wildman–Crippen MR) is 73.7 cm³/mol. The number of carbonyl (C=O) groups is 1. The lowest BCUT2D eigenvalue weighted by molar-refractivity contribution is -0.116. The van der Waals surface area contributed by atoms with E-state index in [4.69, 9.17) is 10.5 Å². The topological polar surface area (TPSA) is 64.3 Å². The van der Waals surface area contributed by atoms with Gasteiger partial charge in [-0.05, 0) is 38.8 Å². The Bertz CT molecular complexity index is 422. The van der Waals surface area contributed by atoms with E-state index in [-0.39, 0.29) is 11.9 Å². The number of hydrogen-bond donors (Lipinski definition) is 2. The van der Waals surface area contributed by atoms with Gasteiger partial charge in [-0.1, -0.05) is 0 Å². The molecule has 3 N–H and O–H groups in total. The van der Waals surface area contributed by atoms with Gasteiger partial charge in [0.1, 0.15) is 11.6 Å². The molecule has 0 spiro atoms. The van der Waals surface area contributed by atoms with E-state index in [2.05, 4.69) is 5.32 Å². The van der Waals surface area contributed by atoms with Crippen molar-refractivity contribution in [3.05, 3.63) is 24.0 Å². The summed E-state index contributed by atoms with van der Waals surface area (Å²) in [5.41, 5.74) is 6.11. The first kappa shape index (κ1) is 15.4. The number of benzene rings is 1. The fraction of sp³-hybridized carbons (Fsp3) is 0.500. The van der Waals surface area contributed by atoms with Crippen LogP contribution < -0.4 is 15.8 Å². The summed E-state index contributed by atoms with van der Waals surface area (Å²) >= 11 is 0. The lowest BCUT2D eigenvalue weighted by atomic mass is 10.1. The summed E-state index contributed by atoms with van der Waals surface area (Å²) < 4.78 is 18.4. The molecule has 0 aromatic heterocycles. The molecule has 1 amide bonds. The van der Waals surface area contributed by atoms with Crippen LogP contribution >= 0.6 is 0 Å². The molecule has 4 nitrogen and oxygen atoms in total. The number of nitrogens with two attached hydrogens (primary N) is 1. The largest absolute Gasteiger partial charge is 0.492 e. The minimum atomic E-state index is -0.390. The summed E-state index contributed by atoms with van der Waals surface area (Å²) in [6, 6.07) is 4.16. The van der Waals surface area contributed by atoms with E-state index < -0.39 is 5.82 Å². The summed E-state index contributed by atoms with van der Waals surface area (Å²) in [6.07, 6.45) is 1.92. The monoisotopic (exact) mass is 268 g/mol. The summed E-state index contributed by atoms with van der Waals surface area (Å²) in [4.78, 5) is 11.7. The standard InChI is InChI=1S/C14H21FN2O2/c1-3-19-13-9-11(15)7-8-12(13)17-14(18)6-4-5-10(2)16/h7-10H,3-6,16H2,1-2H3,(H,17,18). The second-order valence-corrected chi connectivity index (χ2v) is 4.49. The van der Waals surface area contributed by atoms with Crippen LogP contribution in [0.25, 0.3) is 0 Å². The van der Waals surface area contributed by atoms with Crippen molar-refractivity contribution < 1.29 is 13.9 Å². The van der Waals surface area contributed by atoms with E-state index in [9.17, 15) is 9.18 Å². The Balaban J connectivity index is 2.58. The molecule has 1 aromatic carbocycles. The highest BCUT2D eigenvalue weighted by molar-refractivity contribution is 5.92. The SMILES string of the molecule is CCOc1cc(F)ccc1NC(=O)CCCC(C)N. The van der Waals surface area contributed by atoms with E-state index >= 15 is 0 Å². The van der Waals surface area contributed by atoms with Crippen molar-refractivity contribution >= 4 is 11.6 Å². The van der Waals surface area contributed by atoms with Crippen molar-refractivity contribution in [2.24, 2.45) is 5.73 Å². The zero-order valence-electron chi connectivity index (χ0n) is 11.4. The van der Waals surface area contributed by atoms with Crippen LogP contribution in [0.2, 0.25) is 0 Å². The zero-order chi connectivity index (χ0) is 14.3. The van der Waals surface area contributed by atoms with Crippen LogP contribution in [0.4, 0.5) is 10.1 Å². The van der Waals surface area contributed by atoms with Crippen LogP contribution in [-0.4, -0.2) is 18.6 Å². The third-order valence-electron chi connectivity index (χ3n) is 2.58. The number of carbonyl (C=O) groups excluding carboxylic acids is 1. The smallest absolute Gasteiger partial charge is 0.224 e. The van der Waals surface area contributed by atoms with Gasteiger partial charge in [0.05, 0.1) is 12.3 Å². The Morgan fingerprint density at radius 3 is 2.89 bits per heavy atom. The average Bonchev–Trinajstić information content (AvgIpc) is 2.32. The molecule has 0 saturated heterocycles. The van der Waals surface area contributed by atoms with Gasteiger partial charge >= 0.3 is 0 Å². The molecule has 0 radical (unpaired) electrons. The van der Waals surface area contributed by atoms with Crippen LogP contribution in [0.3, 0.4) is 0 Å². The highest BCUT2D eigenvalue weighted by atomic mass is 19.1. The van der Waals surface area contributed by atoms with Crippen molar-refractivity contribution in [3.8, 4) is 5.75 Å². The maximum atomic E-state index is 13.1. The van der Waals surface area contributed by atoms with E-state index in [1.807, 2.05) is 6.92 Å². The molecule has 1 rings (SSSR count). The lowest BCUT2D eigenvalue weighted by Gasteiger charge is -2.11. The third-order valence-corrected chi connectivity index (χ3v) is 2.58. The molecule has 0 aliphatic rings. The highest BCUT2D eigenvalue weighted by Crippen LogP contribution is 2.25. The summed E-state index contributed by atoms with van der Waals surface area (Å²) in [5.74, 6) is -0.158. The van der Waals surface area contributed by atoms with Crippen LogP contribution in [0, 0.1) is 5.82 Å². The first-order valence-corrected chi connectivity index (χ1v) is 6.50. The molecule has 0 aliphatic heterocycles. The highest BCUT2D eigenvalue weighted by Gasteiger charge is 2.09. The van der Waals surface area contributed by atoms with E-state index in [0.717, 1.165) is 12.8 Å². The van der Waals surface area contributed by atoms with Gasteiger partial charge in [-0.2, -0.15) is 0 Å². The number of amides is 1. The minimum Gasteiger partial charge on any atom is -0.492 e. The van der Waals surface area contributed by atoms with Gasteiger partial charge in [-0.3, -0.25) is 4.79 Å². The van der Waals surface area contributed by atoms with Crippen molar-refractivity contribution in [2.75, 3.05) is 11.9 Å². The molecule has 1 unspecified atom stereocenters. The molecule has 106 valence electrons. The fourth-order valence-electron chi connectivity index (χ4n) is 1.67. The summed E-state index contributed by atoms with van der Waals surface area (Å²) in [7, 11) is 0. The van der Waals surface area contributed by atoms with E-state index in [1.165, 1.54) is 18.2 Å². The van der Waals surface area contributed by atoms with Gasteiger partial charge in [0.2, 0.25) is 5.91 Å². The molecule has 1 atom stereocenters. The van der Waals surface area contributed by atoms with Gasteiger partial charge < -0.3 is 15.8 Å². The minimum absolute atomic E-state index is 0.0950. The van der Waals surface area contributed by atoms with E-state index in [1.54, 1.807) is 6.92 Å². The number of hydrogen-bond acceptors (Lipinski definition) is 3. The van der Waals surface area contributed by atoms with Gasteiger partial charge in [0.25, 0.3) is 0 Å². The number of halogens is 1. The molecule has 19 heavy (non-hydrogen) atoms. The van der Waals surface area contributed by atoms with Gasteiger partial charge in [0.15, 0.2) is 0 Å². The normalized spacial score (nSPS) is 12.0. The fourth-order valence-corrected chi connectivity index (χ4v) is 1.67. The van der Waals surface area contributed by atoms with E-state index in [0.29, 0.717) is 24.5 Å². The number of rotatable bonds is 7. The molecule has 1 aromatic rings. The van der Waals surface area contributed by atoms with Crippen LogP contribution in [0.5, 0.6) is 5.75 Å². The third kappa shape index (κ3) is 5.70. The Hall–Kier alpha value is -1.62. The van der Waals surface area contributed by atoms with Gasteiger partial charge in [-0.25, -0.2) is 4.39 Å². The van der Waals surface area contributed by atoms with Crippen LogP contribution in [0.1, 0.15) is 33.1 Å². The van der Waals surface area contributed by atoms with Crippen molar-refractivity contribution in [1.82, 2.24) is 0 Å². The lowest BCUT2D eigenvalue weighted by Crippen LogP contribution is -2.17. The first-order chi connectivity index (χ1) is 9.02. The molecule has 0 fully saturated rings. The molecule has 5 heteroatoms. The average molecular weight is 268 g/mol. The molecule has 0 saturated carbocycles. The van der Waals surface area contributed by atoms with Gasteiger partial charge in [-0.15, -0.1) is 0 Å². The van der Waals surface area contributed by atoms with Crippen molar-refractivity contribution in [1.29, 1.82) is 0 Å². The predicted octanol–water partition coefficient (Wildman–Crippen LogP) is 2.68. The molecule has 0 heterocycles. The van der Waals surface area contributed by atoms with Crippen molar-refractivity contribution in [2.45, 2.75) is 39.2 Å². The Labute approximate surface area is 113 Å². The number of ether oxygens (including phenoxy) is 1.